The predicted octanol–water partition coefficient (Wildman–Crippen LogP) is 2.67. The van der Waals surface area contributed by atoms with Crippen LogP contribution in [0.5, 0.6) is 0 Å². The topological polar surface area (TPSA) is 100 Å². The second-order valence-corrected chi connectivity index (χ2v) is 7.80. The number of benzene rings is 1. The zero-order valence-electron chi connectivity index (χ0n) is 17.8. The quantitative estimate of drug-likeness (QED) is 0.410. The zero-order valence-corrected chi connectivity index (χ0v) is 17.8. The second-order valence-electron chi connectivity index (χ2n) is 7.80. The van der Waals surface area contributed by atoms with Gasteiger partial charge in [0.2, 0.25) is 12.3 Å². The maximum atomic E-state index is 13.9. The molecular formula is C22H22F4N4O3. The monoisotopic (exact) mass is 466 g/mol. The van der Waals surface area contributed by atoms with E-state index in [9.17, 15) is 31.9 Å². The normalized spacial score (nSPS) is 16.4. The molecule has 1 fully saturated rings. The van der Waals surface area contributed by atoms with E-state index in [0.29, 0.717) is 12.8 Å². The minimum absolute atomic E-state index is 0.0126. The van der Waals surface area contributed by atoms with Gasteiger partial charge in [0.05, 0.1) is 6.04 Å². The van der Waals surface area contributed by atoms with Crippen molar-refractivity contribution in [3.8, 4) is 11.1 Å². The lowest BCUT2D eigenvalue weighted by Gasteiger charge is -2.37. The van der Waals surface area contributed by atoms with Crippen LogP contribution in [0.4, 0.5) is 17.6 Å². The molecule has 0 radical (unpaired) electrons. The summed E-state index contributed by atoms with van der Waals surface area (Å²) in [4.78, 5) is 40.0. The molecule has 2 unspecified atom stereocenters. The molecule has 2 aromatic rings. The van der Waals surface area contributed by atoms with Gasteiger partial charge in [-0.25, -0.2) is 4.39 Å². The smallest absolute Gasteiger partial charge is 0.347 e. The highest BCUT2D eigenvalue weighted by Crippen LogP contribution is 2.42. The van der Waals surface area contributed by atoms with Gasteiger partial charge in [0.25, 0.3) is 5.91 Å². The number of amides is 3. The van der Waals surface area contributed by atoms with Crippen LogP contribution in [-0.2, 0) is 15.8 Å². The van der Waals surface area contributed by atoms with E-state index in [1.165, 1.54) is 6.07 Å². The molecule has 1 aromatic carbocycles. The van der Waals surface area contributed by atoms with Crippen LogP contribution < -0.4 is 16.0 Å². The van der Waals surface area contributed by atoms with Gasteiger partial charge in [0.15, 0.2) is 0 Å². The van der Waals surface area contributed by atoms with Crippen molar-refractivity contribution in [1.29, 1.82) is 0 Å². The van der Waals surface area contributed by atoms with Crippen LogP contribution in [0, 0.1) is 11.7 Å². The first kappa shape index (κ1) is 24.3. The summed E-state index contributed by atoms with van der Waals surface area (Å²) in [6.07, 6.45) is -2.03. The Morgan fingerprint density at radius 1 is 1.18 bits per heavy atom. The Bertz CT molecular complexity index is 1050. The standard InChI is InChI=1S/C22H22F4N4O3/c1-12(21(27-2,14-4-5-14)20(33)29-11-31)30-19(32)16-7-6-15(23)9-17(16)13-3-8-18(28-10-13)22(24,25)26/h3,6-12,14,27H,4-5H2,1-2H3,(H,30,32)(H,29,31,33). The van der Waals surface area contributed by atoms with Crippen molar-refractivity contribution in [1.82, 2.24) is 20.9 Å². The SMILES string of the molecule is CNC(C(=O)NC=O)(C1CC1)C(C)NC(=O)c1ccc(F)cc1-c1ccc(C(F)(F)F)nc1. The minimum Gasteiger partial charge on any atom is -0.347 e. The fourth-order valence-corrected chi connectivity index (χ4v) is 4.04. The lowest BCUT2D eigenvalue weighted by atomic mass is 9.84. The van der Waals surface area contributed by atoms with Crippen LogP contribution in [0.2, 0.25) is 0 Å². The third kappa shape index (κ3) is 4.87. The third-order valence-corrected chi connectivity index (χ3v) is 5.82. The average Bonchev–Trinajstić information content (AvgIpc) is 3.60. The summed E-state index contributed by atoms with van der Waals surface area (Å²) in [5, 5.41) is 7.78. The van der Waals surface area contributed by atoms with Crippen molar-refractivity contribution in [2.75, 3.05) is 7.05 Å². The van der Waals surface area contributed by atoms with Gasteiger partial charge >= 0.3 is 6.18 Å². The maximum Gasteiger partial charge on any atom is 0.433 e. The molecule has 3 amide bonds. The van der Waals surface area contributed by atoms with E-state index in [1.54, 1.807) is 14.0 Å². The first-order chi connectivity index (χ1) is 15.5. The number of alkyl halides is 3. The highest BCUT2D eigenvalue weighted by atomic mass is 19.4. The third-order valence-electron chi connectivity index (χ3n) is 5.82. The zero-order chi connectivity index (χ0) is 24.4. The molecule has 11 heteroatoms. The summed E-state index contributed by atoms with van der Waals surface area (Å²) in [5.74, 6) is -2.08. The first-order valence-electron chi connectivity index (χ1n) is 10.1. The Kier molecular flexibility index (Phi) is 6.82. The van der Waals surface area contributed by atoms with Crippen molar-refractivity contribution in [2.45, 2.75) is 37.5 Å². The van der Waals surface area contributed by atoms with Crippen LogP contribution in [-0.4, -0.2) is 41.8 Å². The molecule has 33 heavy (non-hydrogen) atoms. The number of hydrogen-bond donors (Lipinski definition) is 3. The van der Waals surface area contributed by atoms with E-state index in [2.05, 4.69) is 20.9 Å². The first-order valence-corrected chi connectivity index (χ1v) is 10.1. The molecule has 1 saturated carbocycles. The fraction of sp³-hybridized carbons (Fsp3) is 0.364. The van der Waals surface area contributed by atoms with Gasteiger partial charge in [0.1, 0.15) is 17.1 Å². The molecular weight excluding hydrogens is 444 g/mol. The Hall–Kier alpha value is -3.34. The van der Waals surface area contributed by atoms with Crippen molar-refractivity contribution >= 4 is 18.2 Å². The number of halogens is 4. The largest absolute Gasteiger partial charge is 0.433 e. The molecule has 1 aromatic heterocycles. The lowest BCUT2D eigenvalue weighted by molar-refractivity contribution is -0.141. The molecule has 1 aliphatic rings. The number of carbonyl (C=O) groups excluding carboxylic acids is 3. The molecule has 0 aliphatic heterocycles. The highest BCUT2D eigenvalue weighted by molar-refractivity contribution is 6.02. The van der Waals surface area contributed by atoms with Gasteiger partial charge < -0.3 is 10.6 Å². The lowest BCUT2D eigenvalue weighted by Crippen LogP contribution is -2.67. The summed E-state index contributed by atoms with van der Waals surface area (Å²) in [6, 6.07) is 4.33. The van der Waals surface area contributed by atoms with Crippen molar-refractivity contribution < 1.29 is 31.9 Å². The summed E-state index contributed by atoms with van der Waals surface area (Å²) >= 11 is 0. The predicted molar refractivity (Wildman–Crippen MR) is 110 cm³/mol. The van der Waals surface area contributed by atoms with Crippen LogP contribution in [0.3, 0.4) is 0 Å². The van der Waals surface area contributed by atoms with Gasteiger partial charge in [-0.05, 0) is 62.6 Å². The Morgan fingerprint density at radius 3 is 2.39 bits per heavy atom. The number of nitrogens with zero attached hydrogens (tertiary/aromatic N) is 1. The molecule has 3 N–H and O–H groups in total. The van der Waals surface area contributed by atoms with Gasteiger partial charge in [-0.2, -0.15) is 13.2 Å². The number of aromatic nitrogens is 1. The van der Waals surface area contributed by atoms with Gasteiger partial charge in [-0.3, -0.25) is 24.7 Å². The molecule has 176 valence electrons. The van der Waals surface area contributed by atoms with E-state index >= 15 is 0 Å². The summed E-state index contributed by atoms with van der Waals surface area (Å²) in [5.41, 5.74) is -2.24. The van der Waals surface area contributed by atoms with E-state index in [-0.39, 0.29) is 29.0 Å². The Morgan fingerprint density at radius 2 is 1.88 bits per heavy atom. The van der Waals surface area contributed by atoms with Crippen LogP contribution >= 0.6 is 0 Å². The molecule has 3 rings (SSSR count). The molecule has 7 nitrogen and oxygen atoms in total. The summed E-state index contributed by atoms with van der Waals surface area (Å²) in [6.45, 7) is 1.60. The second kappa shape index (κ2) is 9.26. The molecule has 0 bridgehead atoms. The van der Waals surface area contributed by atoms with Crippen LogP contribution in [0.25, 0.3) is 11.1 Å². The average molecular weight is 466 g/mol. The van der Waals surface area contributed by atoms with Gasteiger partial charge in [-0.1, -0.05) is 6.07 Å². The molecule has 2 atom stereocenters. The van der Waals surface area contributed by atoms with E-state index in [0.717, 1.165) is 30.5 Å². The molecule has 0 saturated heterocycles. The number of nitrogens with one attached hydrogen (secondary N) is 3. The van der Waals surface area contributed by atoms with E-state index < -0.39 is 41.1 Å². The van der Waals surface area contributed by atoms with Crippen molar-refractivity contribution in [3.63, 3.8) is 0 Å². The van der Waals surface area contributed by atoms with Crippen molar-refractivity contribution in [2.24, 2.45) is 5.92 Å². The Labute approximate surface area is 187 Å². The highest BCUT2D eigenvalue weighted by Gasteiger charge is 2.54. The number of likely N-dealkylation sites (N-methyl/N-ethyl adjacent to an activating group) is 1. The number of hydrogen-bond acceptors (Lipinski definition) is 5. The number of pyridine rings is 1. The molecule has 1 heterocycles. The summed E-state index contributed by atoms with van der Waals surface area (Å²) < 4.78 is 52.4. The van der Waals surface area contributed by atoms with E-state index in [1.807, 2.05) is 0 Å². The van der Waals surface area contributed by atoms with Gasteiger partial charge in [-0.15, -0.1) is 0 Å². The van der Waals surface area contributed by atoms with E-state index in [4.69, 9.17) is 0 Å². The number of carbonyl (C=O) groups is 3. The Balaban J connectivity index is 1.93. The minimum atomic E-state index is -4.64. The van der Waals surface area contributed by atoms with Crippen molar-refractivity contribution in [3.05, 3.63) is 53.6 Å². The molecule has 0 spiro atoms. The summed E-state index contributed by atoms with van der Waals surface area (Å²) in [7, 11) is 1.54. The van der Waals surface area contributed by atoms with Crippen LogP contribution in [0.1, 0.15) is 35.8 Å². The number of rotatable bonds is 8. The van der Waals surface area contributed by atoms with Crippen LogP contribution in [0.15, 0.2) is 36.5 Å². The van der Waals surface area contributed by atoms with Gasteiger partial charge in [0, 0.05) is 17.3 Å². The fourth-order valence-electron chi connectivity index (χ4n) is 4.04. The molecule has 1 aliphatic carbocycles. The number of imide groups is 1. The maximum absolute atomic E-state index is 13.9.